The Balaban J connectivity index is 2.03. The number of hydrogen-bond acceptors (Lipinski definition) is 4. The molecule has 0 unspecified atom stereocenters. The highest BCUT2D eigenvalue weighted by molar-refractivity contribution is 5.95. The Bertz CT molecular complexity index is 1170. The summed E-state index contributed by atoms with van der Waals surface area (Å²) in [5.41, 5.74) is 4.41. The number of carboxylic acid groups (broad SMARTS) is 1. The maximum Gasteiger partial charge on any atom is 0.336 e. The van der Waals surface area contributed by atoms with Crippen molar-refractivity contribution in [1.82, 2.24) is 9.13 Å². The number of ether oxygens (including phenoxy) is 2. The Morgan fingerprint density at radius 2 is 1.60 bits per heavy atom. The first-order valence-electron chi connectivity index (χ1n) is 12.3. The molecule has 0 bridgehead atoms. The Labute approximate surface area is 206 Å². The van der Waals surface area contributed by atoms with Gasteiger partial charge < -0.3 is 14.6 Å². The van der Waals surface area contributed by atoms with Crippen LogP contribution in [0.15, 0.2) is 53.3 Å². The van der Waals surface area contributed by atoms with Crippen molar-refractivity contribution < 1.29 is 19.4 Å². The number of unbranched alkanes of at least 4 members (excludes halogenated alkanes) is 2. The molecule has 1 aromatic heterocycles. The SMILES string of the molecule is CCCCc1c(C(OC)OC)n(CCCC)c(=O)n1Cc1ccc(-c2ccccc2C(=O)O)cc1. The first-order chi connectivity index (χ1) is 17.0. The van der Waals surface area contributed by atoms with Crippen LogP contribution in [0.3, 0.4) is 0 Å². The van der Waals surface area contributed by atoms with Gasteiger partial charge in [0.2, 0.25) is 0 Å². The van der Waals surface area contributed by atoms with E-state index in [0.717, 1.165) is 54.6 Å². The molecule has 3 aromatic rings. The van der Waals surface area contributed by atoms with Crippen molar-refractivity contribution in [3.63, 3.8) is 0 Å². The van der Waals surface area contributed by atoms with Gasteiger partial charge in [0.1, 0.15) is 0 Å². The highest BCUT2D eigenvalue weighted by Gasteiger charge is 2.26. The molecule has 3 rings (SSSR count). The van der Waals surface area contributed by atoms with Crippen molar-refractivity contribution in [2.75, 3.05) is 14.2 Å². The number of rotatable bonds is 13. The molecule has 188 valence electrons. The molecule has 0 atom stereocenters. The normalized spacial score (nSPS) is 11.3. The number of methoxy groups -OCH3 is 2. The van der Waals surface area contributed by atoms with Gasteiger partial charge in [-0.1, -0.05) is 69.2 Å². The predicted octanol–water partition coefficient (Wildman–Crippen LogP) is 5.50. The van der Waals surface area contributed by atoms with Crippen LogP contribution in [0.4, 0.5) is 0 Å². The summed E-state index contributed by atoms with van der Waals surface area (Å²) in [5, 5.41) is 9.52. The second-order valence-electron chi connectivity index (χ2n) is 8.66. The minimum atomic E-state index is -0.955. The molecule has 1 heterocycles. The molecular formula is C28H36N2O5. The average Bonchev–Trinajstić information content (AvgIpc) is 3.12. The van der Waals surface area contributed by atoms with Gasteiger partial charge in [0, 0.05) is 26.5 Å². The third kappa shape index (κ3) is 5.92. The van der Waals surface area contributed by atoms with Crippen molar-refractivity contribution in [3.05, 3.63) is 81.5 Å². The van der Waals surface area contributed by atoms with E-state index in [1.54, 1.807) is 26.4 Å². The molecule has 2 aromatic carbocycles. The van der Waals surface area contributed by atoms with E-state index < -0.39 is 12.3 Å². The third-order valence-electron chi connectivity index (χ3n) is 6.29. The van der Waals surface area contributed by atoms with E-state index >= 15 is 0 Å². The van der Waals surface area contributed by atoms with Crippen molar-refractivity contribution in [3.8, 4) is 11.1 Å². The molecule has 7 heteroatoms. The summed E-state index contributed by atoms with van der Waals surface area (Å²) in [6, 6.07) is 14.7. The third-order valence-corrected chi connectivity index (χ3v) is 6.29. The van der Waals surface area contributed by atoms with E-state index in [9.17, 15) is 14.7 Å². The number of carbonyl (C=O) groups is 1. The van der Waals surface area contributed by atoms with Crippen LogP contribution in [-0.4, -0.2) is 34.4 Å². The smallest absolute Gasteiger partial charge is 0.336 e. The molecule has 0 fully saturated rings. The van der Waals surface area contributed by atoms with Crippen LogP contribution >= 0.6 is 0 Å². The summed E-state index contributed by atoms with van der Waals surface area (Å²) < 4.78 is 14.8. The molecule has 0 aliphatic rings. The number of nitrogens with zero attached hydrogens (tertiary/aromatic N) is 2. The molecule has 7 nitrogen and oxygen atoms in total. The quantitative estimate of drug-likeness (QED) is 0.327. The molecule has 35 heavy (non-hydrogen) atoms. The van der Waals surface area contributed by atoms with Crippen LogP contribution in [0.1, 0.15) is 73.1 Å². The summed E-state index contributed by atoms with van der Waals surface area (Å²) >= 11 is 0. The summed E-state index contributed by atoms with van der Waals surface area (Å²) in [6.07, 6.45) is 3.98. The van der Waals surface area contributed by atoms with E-state index in [4.69, 9.17) is 9.47 Å². The summed E-state index contributed by atoms with van der Waals surface area (Å²) in [6.45, 7) is 5.28. The first-order valence-corrected chi connectivity index (χ1v) is 12.3. The lowest BCUT2D eigenvalue weighted by Crippen LogP contribution is -2.26. The molecule has 0 spiro atoms. The van der Waals surface area contributed by atoms with Gasteiger partial charge in [-0.15, -0.1) is 0 Å². The van der Waals surface area contributed by atoms with E-state index in [2.05, 4.69) is 13.8 Å². The molecular weight excluding hydrogens is 444 g/mol. The highest BCUT2D eigenvalue weighted by atomic mass is 16.7. The second-order valence-corrected chi connectivity index (χ2v) is 8.66. The monoisotopic (exact) mass is 480 g/mol. The Hall–Kier alpha value is -3.16. The fourth-order valence-electron chi connectivity index (χ4n) is 4.44. The summed E-state index contributed by atoms with van der Waals surface area (Å²) in [7, 11) is 3.19. The number of imidazole rings is 1. The predicted molar refractivity (Wildman–Crippen MR) is 137 cm³/mol. The second kappa shape index (κ2) is 12.5. The van der Waals surface area contributed by atoms with Crippen molar-refractivity contribution in [1.29, 1.82) is 0 Å². The van der Waals surface area contributed by atoms with Gasteiger partial charge in [0.05, 0.1) is 17.8 Å². The van der Waals surface area contributed by atoms with Crippen molar-refractivity contribution in [2.24, 2.45) is 0 Å². The van der Waals surface area contributed by atoms with Gasteiger partial charge in [0.15, 0.2) is 6.29 Å². The van der Waals surface area contributed by atoms with Crippen LogP contribution in [0.25, 0.3) is 11.1 Å². The van der Waals surface area contributed by atoms with Crippen molar-refractivity contribution >= 4 is 5.97 Å². The van der Waals surface area contributed by atoms with E-state index in [0.29, 0.717) is 18.7 Å². The fraction of sp³-hybridized carbons (Fsp3) is 0.429. The van der Waals surface area contributed by atoms with Gasteiger partial charge in [-0.25, -0.2) is 9.59 Å². The van der Waals surface area contributed by atoms with Crippen LogP contribution in [0.2, 0.25) is 0 Å². The van der Waals surface area contributed by atoms with E-state index in [-0.39, 0.29) is 11.3 Å². The average molecular weight is 481 g/mol. The van der Waals surface area contributed by atoms with E-state index in [1.807, 2.05) is 45.5 Å². The minimum Gasteiger partial charge on any atom is -0.478 e. The van der Waals surface area contributed by atoms with Crippen LogP contribution < -0.4 is 5.69 Å². The fourth-order valence-corrected chi connectivity index (χ4v) is 4.44. The Morgan fingerprint density at radius 1 is 0.943 bits per heavy atom. The molecule has 0 aliphatic heterocycles. The lowest BCUT2D eigenvalue weighted by atomic mass is 9.98. The number of aromatic nitrogens is 2. The maximum absolute atomic E-state index is 13.6. The first kappa shape index (κ1) is 26.4. The number of carboxylic acids is 1. The number of hydrogen-bond donors (Lipinski definition) is 1. The van der Waals surface area contributed by atoms with Gasteiger partial charge >= 0.3 is 11.7 Å². The van der Waals surface area contributed by atoms with Gasteiger partial charge in [-0.2, -0.15) is 0 Å². The van der Waals surface area contributed by atoms with Crippen LogP contribution in [-0.2, 0) is 29.0 Å². The van der Waals surface area contributed by atoms with Crippen molar-refractivity contribution in [2.45, 2.75) is 65.3 Å². The van der Waals surface area contributed by atoms with Crippen LogP contribution in [0.5, 0.6) is 0 Å². The lowest BCUT2D eigenvalue weighted by Gasteiger charge is -2.18. The largest absolute Gasteiger partial charge is 0.478 e. The zero-order chi connectivity index (χ0) is 25.4. The Kier molecular flexibility index (Phi) is 9.46. The van der Waals surface area contributed by atoms with E-state index in [1.165, 1.54) is 0 Å². The molecule has 0 saturated carbocycles. The molecule has 0 saturated heterocycles. The number of benzene rings is 2. The topological polar surface area (TPSA) is 82.7 Å². The standard InChI is InChI=1S/C28H36N2O5/c1-5-7-13-24-25(27(34-3)35-4)29(18-8-6-2)28(33)30(24)19-20-14-16-21(17-15-20)22-11-9-10-12-23(22)26(31)32/h9-12,14-17,27H,5-8,13,18-19H2,1-4H3,(H,31,32). The lowest BCUT2D eigenvalue weighted by molar-refractivity contribution is -0.111. The van der Waals surface area contributed by atoms with Gasteiger partial charge in [-0.3, -0.25) is 9.13 Å². The maximum atomic E-state index is 13.6. The molecule has 0 amide bonds. The minimum absolute atomic E-state index is 0.0565. The van der Waals surface area contributed by atoms with Crippen LogP contribution in [0, 0.1) is 0 Å². The van der Waals surface area contributed by atoms with Gasteiger partial charge in [-0.05, 0) is 42.0 Å². The zero-order valence-corrected chi connectivity index (χ0v) is 21.1. The molecule has 1 N–H and O–H groups in total. The molecule has 0 radical (unpaired) electrons. The highest BCUT2D eigenvalue weighted by Crippen LogP contribution is 2.26. The number of aromatic carboxylic acids is 1. The summed E-state index contributed by atoms with van der Waals surface area (Å²) in [4.78, 5) is 25.2. The molecule has 0 aliphatic carbocycles. The summed E-state index contributed by atoms with van der Waals surface area (Å²) in [5.74, 6) is -0.955. The van der Waals surface area contributed by atoms with Gasteiger partial charge in [0.25, 0.3) is 0 Å². The Morgan fingerprint density at radius 3 is 2.20 bits per heavy atom. The zero-order valence-electron chi connectivity index (χ0n) is 21.1.